The Morgan fingerprint density at radius 2 is 1.85 bits per heavy atom. The Morgan fingerprint density at radius 1 is 1.07 bits per heavy atom. The number of para-hydroxylation sites is 1. The van der Waals surface area contributed by atoms with Gasteiger partial charge in [0.1, 0.15) is 23.2 Å². The number of rotatable bonds is 5. The summed E-state index contributed by atoms with van der Waals surface area (Å²) < 4.78 is 21.2. The third kappa shape index (κ3) is 3.73. The number of benzene rings is 3. The molecule has 0 unspecified atom stereocenters. The van der Waals surface area contributed by atoms with Gasteiger partial charge in [0.15, 0.2) is 5.78 Å². The third-order valence-electron chi connectivity index (χ3n) is 4.24. The van der Waals surface area contributed by atoms with Crippen LogP contribution in [0.25, 0.3) is 21.3 Å². The van der Waals surface area contributed by atoms with Crippen LogP contribution in [0, 0.1) is 5.82 Å². The van der Waals surface area contributed by atoms with E-state index in [1.165, 1.54) is 13.0 Å². The molecule has 3 aromatic carbocycles. The van der Waals surface area contributed by atoms with Crippen LogP contribution >= 0.6 is 11.3 Å². The first-order chi connectivity index (χ1) is 13.1. The van der Waals surface area contributed by atoms with Crippen LogP contribution in [0.1, 0.15) is 22.3 Å². The van der Waals surface area contributed by atoms with Crippen molar-refractivity contribution in [2.75, 3.05) is 0 Å². The first-order valence-electron chi connectivity index (χ1n) is 8.48. The van der Waals surface area contributed by atoms with Gasteiger partial charge in [-0.3, -0.25) is 4.79 Å². The fraction of sp³-hybridized carbons (Fsp3) is 0.0909. The Labute approximate surface area is 160 Å². The molecule has 1 aromatic heterocycles. The molecule has 1 heterocycles. The first kappa shape index (κ1) is 17.4. The Kier molecular flexibility index (Phi) is 4.69. The first-order valence-corrected chi connectivity index (χ1v) is 9.30. The highest BCUT2D eigenvalue weighted by Crippen LogP contribution is 2.27. The number of carbonyl (C=O) groups excluding carboxylic acids is 1. The van der Waals surface area contributed by atoms with Gasteiger partial charge in [0.2, 0.25) is 0 Å². The molecule has 0 saturated carbocycles. The molecule has 5 heteroatoms. The molecular formula is C22H16FNO2S. The van der Waals surface area contributed by atoms with Crippen molar-refractivity contribution in [3.63, 3.8) is 0 Å². The largest absolute Gasteiger partial charge is 0.486 e. The van der Waals surface area contributed by atoms with E-state index in [4.69, 9.17) is 4.74 Å². The van der Waals surface area contributed by atoms with Crippen molar-refractivity contribution >= 4 is 27.3 Å². The van der Waals surface area contributed by atoms with Crippen LogP contribution in [-0.2, 0) is 6.61 Å². The zero-order chi connectivity index (χ0) is 18.8. The quantitative estimate of drug-likeness (QED) is 0.408. The van der Waals surface area contributed by atoms with Crippen LogP contribution in [0.2, 0.25) is 0 Å². The summed E-state index contributed by atoms with van der Waals surface area (Å²) in [7, 11) is 0. The molecule has 0 radical (unpaired) electrons. The molecule has 0 fully saturated rings. The van der Waals surface area contributed by atoms with Crippen molar-refractivity contribution in [1.82, 2.24) is 4.98 Å². The molecule has 0 saturated heterocycles. The second-order valence-electron chi connectivity index (χ2n) is 6.14. The summed E-state index contributed by atoms with van der Waals surface area (Å²) in [5.41, 5.74) is 2.53. The molecule has 134 valence electrons. The number of halogens is 1. The van der Waals surface area contributed by atoms with Crippen LogP contribution < -0.4 is 4.74 Å². The number of aromatic nitrogens is 1. The van der Waals surface area contributed by atoms with E-state index in [-0.39, 0.29) is 5.78 Å². The number of hydrogen-bond donors (Lipinski definition) is 0. The molecule has 0 amide bonds. The van der Waals surface area contributed by atoms with E-state index in [2.05, 4.69) is 4.98 Å². The normalized spacial score (nSPS) is 10.9. The molecule has 4 rings (SSSR count). The Hall–Kier alpha value is -3.05. The highest BCUT2D eigenvalue weighted by molar-refractivity contribution is 7.18. The van der Waals surface area contributed by atoms with Crippen molar-refractivity contribution in [3.05, 3.63) is 83.1 Å². The highest BCUT2D eigenvalue weighted by atomic mass is 32.1. The SMILES string of the molecule is CC(=O)c1ccc(-c2ccc(OCc3nc4ccccc4s3)cc2)c(F)c1. The summed E-state index contributed by atoms with van der Waals surface area (Å²) in [5, 5.41) is 0.908. The summed E-state index contributed by atoms with van der Waals surface area (Å²) in [4.78, 5) is 15.9. The van der Waals surface area contributed by atoms with Crippen LogP contribution in [0.15, 0.2) is 66.7 Å². The van der Waals surface area contributed by atoms with E-state index in [9.17, 15) is 9.18 Å². The van der Waals surface area contributed by atoms with Crippen LogP contribution in [0.5, 0.6) is 5.75 Å². The van der Waals surface area contributed by atoms with E-state index in [0.717, 1.165) is 20.8 Å². The number of nitrogens with zero attached hydrogens (tertiary/aromatic N) is 1. The molecule has 0 aliphatic heterocycles. The fourth-order valence-corrected chi connectivity index (χ4v) is 3.71. The van der Waals surface area contributed by atoms with Gasteiger partial charge >= 0.3 is 0 Å². The lowest BCUT2D eigenvalue weighted by Crippen LogP contribution is -1.95. The Morgan fingerprint density at radius 3 is 2.56 bits per heavy atom. The third-order valence-corrected chi connectivity index (χ3v) is 5.25. The summed E-state index contributed by atoms with van der Waals surface area (Å²) in [6.45, 7) is 1.81. The molecule has 4 aromatic rings. The molecule has 0 atom stereocenters. The van der Waals surface area contributed by atoms with E-state index >= 15 is 0 Å². The number of hydrogen-bond acceptors (Lipinski definition) is 4. The van der Waals surface area contributed by atoms with Gasteiger partial charge in [0.25, 0.3) is 0 Å². The molecule has 3 nitrogen and oxygen atoms in total. The van der Waals surface area contributed by atoms with Gasteiger partial charge in [-0.05, 0) is 42.8 Å². The maximum Gasteiger partial charge on any atom is 0.159 e. The fourth-order valence-electron chi connectivity index (χ4n) is 2.83. The second-order valence-corrected chi connectivity index (χ2v) is 7.25. The molecular weight excluding hydrogens is 361 g/mol. The average Bonchev–Trinajstić information content (AvgIpc) is 3.10. The van der Waals surface area contributed by atoms with Crippen molar-refractivity contribution in [1.29, 1.82) is 0 Å². The predicted molar refractivity (Wildman–Crippen MR) is 106 cm³/mol. The summed E-state index contributed by atoms with van der Waals surface area (Å²) in [5.74, 6) is 0.128. The van der Waals surface area contributed by atoms with Crippen LogP contribution in [0.4, 0.5) is 4.39 Å². The molecule has 0 spiro atoms. The van der Waals surface area contributed by atoms with E-state index in [1.807, 2.05) is 24.3 Å². The highest BCUT2D eigenvalue weighted by Gasteiger charge is 2.09. The monoisotopic (exact) mass is 377 g/mol. The lowest BCUT2D eigenvalue weighted by Gasteiger charge is -2.08. The van der Waals surface area contributed by atoms with Gasteiger partial charge in [-0.25, -0.2) is 9.37 Å². The maximum atomic E-state index is 14.3. The second kappa shape index (κ2) is 7.29. The molecule has 0 N–H and O–H groups in total. The minimum Gasteiger partial charge on any atom is -0.486 e. The Bertz CT molecular complexity index is 1090. The van der Waals surface area contributed by atoms with Crippen molar-refractivity contribution in [2.24, 2.45) is 0 Å². The van der Waals surface area contributed by atoms with Gasteiger partial charge in [-0.15, -0.1) is 11.3 Å². The van der Waals surface area contributed by atoms with Crippen molar-refractivity contribution in [2.45, 2.75) is 13.5 Å². The van der Waals surface area contributed by atoms with Gasteiger partial charge in [-0.1, -0.05) is 36.4 Å². The van der Waals surface area contributed by atoms with Gasteiger partial charge < -0.3 is 4.74 Å². The minimum absolute atomic E-state index is 0.154. The summed E-state index contributed by atoms with van der Waals surface area (Å²) in [6.07, 6.45) is 0. The van der Waals surface area contributed by atoms with E-state index < -0.39 is 5.82 Å². The minimum atomic E-state index is -0.411. The Balaban J connectivity index is 1.48. The van der Waals surface area contributed by atoms with Crippen LogP contribution in [-0.4, -0.2) is 10.8 Å². The molecule has 0 aliphatic rings. The smallest absolute Gasteiger partial charge is 0.159 e. The van der Waals surface area contributed by atoms with Crippen molar-refractivity contribution < 1.29 is 13.9 Å². The van der Waals surface area contributed by atoms with Crippen LogP contribution in [0.3, 0.4) is 0 Å². The molecule has 0 aliphatic carbocycles. The number of carbonyl (C=O) groups is 1. The van der Waals surface area contributed by atoms with Crippen molar-refractivity contribution in [3.8, 4) is 16.9 Å². The lowest BCUT2D eigenvalue weighted by molar-refractivity contribution is 0.101. The summed E-state index contributed by atoms with van der Waals surface area (Å²) >= 11 is 1.61. The summed E-state index contributed by atoms with van der Waals surface area (Å²) in [6, 6.07) is 19.7. The van der Waals surface area contributed by atoms with Gasteiger partial charge in [0.05, 0.1) is 10.2 Å². The molecule has 27 heavy (non-hydrogen) atoms. The van der Waals surface area contributed by atoms with Gasteiger partial charge in [0, 0.05) is 11.1 Å². The number of ketones is 1. The van der Waals surface area contributed by atoms with E-state index in [1.54, 1.807) is 47.7 Å². The molecule has 0 bridgehead atoms. The predicted octanol–water partition coefficient (Wildman–Crippen LogP) is 5.88. The number of Topliss-reactive ketones (excluding diaryl/α,β-unsaturated/α-hetero) is 1. The topological polar surface area (TPSA) is 39.2 Å². The zero-order valence-corrected chi connectivity index (χ0v) is 15.4. The number of thiazole rings is 1. The zero-order valence-electron chi connectivity index (χ0n) is 14.6. The lowest BCUT2D eigenvalue weighted by atomic mass is 10.0. The standard InChI is InChI=1S/C22H16FNO2S/c1-14(25)16-8-11-18(19(23)12-16)15-6-9-17(10-7-15)26-13-22-24-20-4-2-3-5-21(20)27-22/h2-12H,13H2,1H3. The number of fused-ring (bicyclic) bond motifs is 1. The van der Waals surface area contributed by atoms with E-state index in [0.29, 0.717) is 23.5 Å². The number of ether oxygens (including phenoxy) is 1. The maximum absolute atomic E-state index is 14.3. The average molecular weight is 377 g/mol. The van der Waals surface area contributed by atoms with Gasteiger partial charge in [-0.2, -0.15) is 0 Å².